The van der Waals surface area contributed by atoms with Crippen LogP contribution in [-0.2, 0) is 20.9 Å². The number of hydrogen-bond acceptors (Lipinski definition) is 6. The molecule has 2 aromatic carbocycles. The van der Waals surface area contributed by atoms with E-state index in [1.807, 2.05) is 6.07 Å². The lowest BCUT2D eigenvalue weighted by Gasteiger charge is -2.13. The fourth-order valence-electron chi connectivity index (χ4n) is 2.65. The van der Waals surface area contributed by atoms with Crippen molar-refractivity contribution in [3.63, 3.8) is 0 Å². The maximum absolute atomic E-state index is 12.2. The van der Waals surface area contributed by atoms with Gasteiger partial charge in [-0.25, -0.2) is 4.79 Å². The SMILES string of the molecule is C[C@@H](OC(=O)CCn1c(=O)oc2ccccc21)C(=O)Nc1cccc(C#N)c1. The highest BCUT2D eigenvalue weighted by atomic mass is 16.5. The Balaban J connectivity index is 1.56. The average molecular weight is 379 g/mol. The van der Waals surface area contributed by atoms with Gasteiger partial charge in [-0.3, -0.25) is 14.2 Å². The number of aromatic nitrogens is 1. The second-order valence-corrected chi connectivity index (χ2v) is 6.05. The molecule has 28 heavy (non-hydrogen) atoms. The van der Waals surface area contributed by atoms with Crippen LogP contribution < -0.4 is 11.1 Å². The number of anilines is 1. The van der Waals surface area contributed by atoms with E-state index in [1.54, 1.807) is 42.5 Å². The first kappa shape index (κ1) is 18.9. The number of carbonyl (C=O) groups is 2. The normalized spacial score (nSPS) is 11.6. The van der Waals surface area contributed by atoms with E-state index >= 15 is 0 Å². The number of fused-ring (bicyclic) bond motifs is 1. The highest BCUT2D eigenvalue weighted by Gasteiger charge is 2.19. The van der Waals surface area contributed by atoms with Gasteiger partial charge in [0, 0.05) is 12.2 Å². The van der Waals surface area contributed by atoms with Gasteiger partial charge < -0.3 is 14.5 Å². The molecule has 0 aliphatic heterocycles. The molecule has 0 saturated heterocycles. The van der Waals surface area contributed by atoms with Crippen LogP contribution in [0.1, 0.15) is 18.9 Å². The van der Waals surface area contributed by atoms with Crippen LogP contribution in [0.3, 0.4) is 0 Å². The maximum atomic E-state index is 12.2. The van der Waals surface area contributed by atoms with Gasteiger partial charge in [0.1, 0.15) is 0 Å². The van der Waals surface area contributed by atoms with Crippen molar-refractivity contribution < 1.29 is 18.7 Å². The molecule has 0 unspecified atom stereocenters. The van der Waals surface area contributed by atoms with Crippen molar-refractivity contribution >= 4 is 28.7 Å². The molecule has 0 aliphatic rings. The van der Waals surface area contributed by atoms with Crippen LogP contribution in [0.2, 0.25) is 0 Å². The molecule has 3 aromatic rings. The van der Waals surface area contributed by atoms with E-state index in [9.17, 15) is 14.4 Å². The summed E-state index contributed by atoms with van der Waals surface area (Å²) in [5.41, 5.74) is 1.86. The van der Waals surface area contributed by atoms with E-state index < -0.39 is 23.7 Å². The molecule has 3 rings (SSSR count). The summed E-state index contributed by atoms with van der Waals surface area (Å²) in [6.45, 7) is 1.52. The van der Waals surface area contributed by atoms with Gasteiger partial charge in [0.2, 0.25) is 0 Å². The molecule has 0 spiro atoms. The van der Waals surface area contributed by atoms with Crippen molar-refractivity contribution in [3.8, 4) is 6.07 Å². The molecule has 0 fully saturated rings. The number of rotatable bonds is 6. The summed E-state index contributed by atoms with van der Waals surface area (Å²) in [7, 11) is 0. The van der Waals surface area contributed by atoms with Crippen molar-refractivity contribution in [3.05, 3.63) is 64.6 Å². The molecule has 0 aliphatic carbocycles. The number of amides is 1. The minimum Gasteiger partial charge on any atom is -0.452 e. The zero-order chi connectivity index (χ0) is 20.1. The number of oxazole rings is 1. The summed E-state index contributed by atoms with van der Waals surface area (Å²) in [6, 6.07) is 15.3. The lowest BCUT2D eigenvalue weighted by atomic mass is 10.2. The quantitative estimate of drug-likeness (QED) is 0.658. The number of ether oxygens (including phenoxy) is 1. The van der Waals surface area contributed by atoms with Crippen LogP contribution in [0.25, 0.3) is 11.1 Å². The van der Waals surface area contributed by atoms with Crippen molar-refractivity contribution in [1.29, 1.82) is 5.26 Å². The number of nitrogens with one attached hydrogen (secondary N) is 1. The number of esters is 1. The summed E-state index contributed by atoms with van der Waals surface area (Å²) >= 11 is 0. The van der Waals surface area contributed by atoms with Crippen LogP contribution in [0.15, 0.2) is 57.7 Å². The molecule has 1 aromatic heterocycles. The number of carbonyl (C=O) groups excluding carboxylic acids is 2. The number of nitrogens with zero attached hydrogens (tertiary/aromatic N) is 2. The van der Waals surface area contributed by atoms with Crippen molar-refractivity contribution in [2.45, 2.75) is 26.0 Å². The Bertz CT molecular complexity index is 1120. The van der Waals surface area contributed by atoms with Gasteiger partial charge in [-0.05, 0) is 37.3 Å². The number of aryl methyl sites for hydroxylation is 1. The van der Waals surface area contributed by atoms with Crippen molar-refractivity contribution in [2.24, 2.45) is 0 Å². The summed E-state index contributed by atoms with van der Waals surface area (Å²) in [4.78, 5) is 36.1. The number of nitriles is 1. The fourth-order valence-corrected chi connectivity index (χ4v) is 2.65. The van der Waals surface area contributed by atoms with Gasteiger partial charge in [0.25, 0.3) is 5.91 Å². The molecule has 1 N–H and O–H groups in total. The second-order valence-electron chi connectivity index (χ2n) is 6.05. The predicted molar refractivity (Wildman–Crippen MR) is 100 cm³/mol. The van der Waals surface area contributed by atoms with Gasteiger partial charge in [-0.15, -0.1) is 0 Å². The van der Waals surface area contributed by atoms with Gasteiger partial charge in [0.05, 0.1) is 23.6 Å². The monoisotopic (exact) mass is 379 g/mol. The van der Waals surface area contributed by atoms with E-state index in [-0.39, 0.29) is 13.0 Å². The van der Waals surface area contributed by atoms with E-state index in [1.165, 1.54) is 17.6 Å². The Labute approximate surface area is 159 Å². The molecule has 0 saturated carbocycles. The Hall–Kier alpha value is -3.86. The fraction of sp³-hybridized carbons (Fsp3) is 0.200. The first-order valence-electron chi connectivity index (χ1n) is 8.57. The number of benzene rings is 2. The number of hydrogen-bond donors (Lipinski definition) is 1. The molecule has 1 amide bonds. The zero-order valence-corrected chi connectivity index (χ0v) is 15.0. The Morgan fingerprint density at radius 3 is 2.82 bits per heavy atom. The first-order valence-corrected chi connectivity index (χ1v) is 8.57. The molecule has 142 valence electrons. The average Bonchev–Trinajstić information content (AvgIpc) is 3.01. The van der Waals surface area contributed by atoms with Crippen LogP contribution in [-0.4, -0.2) is 22.5 Å². The second kappa shape index (κ2) is 8.22. The van der Waals surface area contributed by atoms with Crippen molar-refractivity contribution in [2.75, 3.05) is 5.32 Å². The third-order valence-electron chi connectivity index (χ3n) is 4.05. The molecule has 0 bridgehead atoms. The molecule has 0 radical (unpaired) electrons. The van der Waals surface area contributed by atoms with Crippen LogP contribution in [0.4, 0.5) is 5.69 Å². The van der Waals surface area contributed by atoms with E-state index in [2.05, 4.69) is 5.32 Å². The Morgan fingerprint density at radius 1 is 1.25 bits per heavy atom. The molecular formula is C20H17N3O5. The first-order chi connectivity index (χ1) is 13.5. The smallest absolute Gasteiger partial charge is 0.419 e. The third kappa shape index (κ3) is 4.27. The van der Waals surface area contributed by atoms with Crippen LogP contribution in [0, 0.1) is 11.3 Å². The minimum atomic E-state index is -1.03. The standard InChI is InChI=1S/C20H17N3O5/c1-13(19(25)22-15-6-4-5-14(11-15)12-21)27-18(24)9-10-23-16-7-2-3-8-17(16)28-20(23)26/h2-8,11,13H,9-10H2,1H3,(H,22,25)/t13-/m1/s1. The summed E-state index contributed by atoms with van der Waals surface area (Å²) < 4.78 is 11.6. The highest BCUT2D eigenvalue weighted by molar-refractivity contribution is 5.95. The molecular weight excluding hydrogens is 362 g/mol. The van der Waals surface area contributed by atoms with Crippen molar-refractivity contribution in [1.82, 2.24) is 4.57 Å². The van der Waals surface area contributed by atoms with E-state index in [4.69, 9.17) is 14.4 Å². The molecule has 1 heterocycles. The Morgan fingerprint density at radius 2 is 2.04 bits per heavy atom. The highest BCUT2D eigenvalue weighted by Crippen LogP contribution is 2.13. The van der Waals surface area contributed by atoms with E-state index in [0.717, 1.165) is 0 Å². The molecule has 8 nitrogen and oxygen atoms in total. The van der Waals surface area contributed by atoms with Gasteiger partial charge in [-0.1, -0.05) is 18.2 Å². The van der Waals surface area contributed by atoms with Gasteiger partial charge >= 0.3 is 11.7 Å². The van der Waals surface area contributed by atoms with Crippen LogP contribution >= 0.6 is 0 Å². The topological polar surface area (TPSA) is 114 Å². The zero-order valence-electron chi connectivity index (χ0n) is 15.0. The summed E-state index contributed by atoms with van der Waals surface area (Å²) in [5.74, 6) is -1.70. The maximum Gasteiger partial charge on any atom is 0.419 e. The van der Waals surface area contributed by atoms with Gasteiger partial charge in [0.15, 0.2) is 11.7 Å². The van der Waals surface area contributed by atoms with Crippen LogP contribution in [0.5, 0.6) is 0 Å². The summed E-state index contributed by atoms with van der Waals surface area (Å²) in [6.07, 6.45) is -1.12. The predicted octanol–water partition coefficient (Wildman–Crippen LogP) is 2.43. The lowest BCUT2D eigenvalue weighted by Crippen LogP contribution is -2.30. The van der Waals surface area contributed by atoms with Gasteiger partial charge in [-0.2, -0.15) is 5.26 Å². The molecule has 1 atom stereocenters. The largest absolute Gasteiger partial charge is 0.452 e. The minimum absolute atomic E-state index is 0.0766. The lowest BCUT2D eigenvalue weighted by molar-refractivity contribution is -0.153. The summed E-state index contributed by atoms with van der Waals surface area (Å²) in [5, 5.41) is 11.5. The number of para-hydroxylation sites is 2. The Kier molecular flexibility index (Phi) is 5.56. The third-order valence-corrected chi connectivity index (χ3v) is 4.05. The molecule has 8 heteroatoms. The van der Waals surface area contributed by atoms with E-state index in [0.29, 0.717) is 22.4 Å².